The van der Waals surface area contributed by atoms with E-state index in [9.17, 15) is 8.42 Å². The Kier molecular flexibility index (Phi) is 4.83. The van der Waals surface area contributed by atoms with E-state index in [0.717, 1.165) is 5.56 Å². The van der Waals surface area contributed by atoms with Gasteiger partial charge in [0, 0.05) is 19.8 Å². The molecule has 0 aromatic heterocycles. The molecule has 0 heterocycles. The summed E-state index contributed by atoms with van der Waals surface area (Å²) in [6, 6.07) is 7.48. The highest BCUT2D eigenvalue weighted by Gasteiger charge is 2.38. The van der Waals surface area contributed by atoms with Crippen LogP contribution < -0.4 is 5.73 Å². The maximum atomic E-state index is 12.5. The molecule has 2 N–H and O–H groups in total. The fourth-order valence-corrected chi connectivity index (χ4v) is 5.01. The van der Waals surface area contributed by atoms with Gasteiger partial charge < -0.3 is 10.5 Å². The lowest BCUT2D eigenvalue weighted by molar-refractivity contribution is 0.199. The maximum absolute atomic E-state index is 12.5. The number of sulfone groups is 1. The molecule has 0 aliphatic heterocycles. The van der Waals surface area contributed by atoms with Crippen LogP contribution in [0.15, 0.2) is 24.3 Å². The zero-order valence-electron chi connectivity index (χ0n) is 12.1. The fraction of sp³-hybridized carbons (Fsp3) is 0.600. The van der Waals surface area contributed by atoms with Gasteiger partial charge >= 0.3 is 0 Å². The van der Waals surface area contributed by atoms with Crippen LogP contribution in [0.2, 0.25) is 0 Å². The first-order valence-corrected chi connectivity index (χ1v) is 8.74. The van der Waals surface area contributed by atoms with Crippen LogP contribution in [0.25, 0.3) is 0 Å². The van der Waals surface area contributed by atoms with Gasteiger partial charge in [0.05, 0.1) is 11.0 Å². The topological polar surface area (TPSA) is 69.4 Å². The van der Waals surface area contributed by atoms with Crippen molar-refractivity contribution in [3.05, 3.63) is 35.4 Å². The van der Waals surface area contributed by atoms with Crippen molar-refractivity contribution in [1.82, 2.24) is 0 Å². The molecule has 2 rings (SSSR count). The predicted octanol–water partition coefficient (Wildman–Crippen LogP) is 2.01. The minimum atomic E-state index is -3.19. The molecule has 0 fully saturated rings. The minimum Gasteiger partial charge on any atom is -0.385 e. The van der Waals surface area contributed by atoms with E-state index in [4.69, 9.17) is 10.5 Å². The summed E-state index contributed by atoms with van der Waals surface area (Å²) in [5, 5.41) is -0.482. The minimum absolute atomic E-state index is 0.147. The van der Waals surface area contributed by atoms with Crippen LogP contribution in [0, 0.1) is 0 Å². The fourth-order valence-electron chi connectivity index (χ4n) is 3.01. The first-order valence-electron chi connectivity index (χ1n) is 7.02. The van der Waals surface area contributed by atoms with Crippen molar-refractivity contribution in [2.45, 2.75) is 37.0 Å². The first-order chi connectivity index (χ1) is 9.47. The van der Waals surface area contributed by atoms with Crippen molar-refractivity contribution in [2.24, 2.45) is 5.73 Å². The predicted molar refractivity (Wildman–Crippen MR) is 80.5 cm³/mol. The third-order valence-electron chi connectivity index (χ3n) is 4.11. The van der Waals surface area contributed by atoms with E-state index in [2.05, 4.69) is 6.92 Å². The molecule has 0 saturated carbocycles. The molecule has 0 amide bonds. The summed E-state index contributed by atoms with van der Waals surface area (Å²) in [7, 11) is -1.60. The van der Waals surface area contributed by atoms with Gasteiger partial charge in [0.15, 0.2) is 9.84 Å². The molecule has 3 unspecified atom stereocenters. The Morgan fingerprint density at radius 1 is 1.30 bits per heavy atom. The lowest BCUT2D eigenvalue weighted by Crippen LogP contribution is -2.40. The molecule has 1 aromatic rings. The molecule has 1 aromatic carbocycles. The van der Waals surface area contributed by atoms with Crippen molar-refractivity contribution in [3.8, 4) is 0 Å². The van der Waals surface area contributed by atoms with E-state index in [1.54, 1.807) is 7.11 Å². The van der Waals surface area contributed by atoms with E-state index in [0.29, 0.717) is 19.4 Å². The lowest BCUT2D eigenvalue weighted by Gasteiger charge is -2.34. The smallest absolute Gasteiger partial charge is 0.155 e. The molecule has 0 spiro atoms. The van der Waals surface area contributed by atoms with E-state index in [1.165, 1.54) is 5.56 Å². The van der Waals surface area contributed by atoms with Crippen LogP contribution in [-0.2, 0) is 14.6 Å². The summed E-state index contributed by atoms with van der Waals surface area (Å²) < 4.78 is 29.9. The molecule has 0 radical (unpaired) electrons. The molecular formula is C15H23NO3S. The second-order valence-corrected chi connectivity index (χ2v) is 7.88. The Labute approximate surface area is 121 Å². The SMILES string of the molecule is COCCCS(=O)(=O)C1CC(C)c2ccccc2C1N. The van der Waals surface area contributed by atoms with Crippen molar-refractivity contribution < 1.29 is 13.2 Å². The van der Waals surface area contributed by atoms with E-state index in [-0.39, 0.29) is 11.7 Å². The van der Waals surface area contributed by atoms with Gasteiger partial charge in [0.2, 0.25) is 0 Å². The van der Waals surface area contributed by atoms with Crippen LogP contribution in [0.3, 0.4) is 0 Å². The first kappa shape index (κ1) is 15.5. The summed E-state index contributed by atoms with van der Waals surface area (Å²) in [4.78, 5) is 0. The van der Waals surface area contributed by atoms with Crippen molar-refractivity contribution >= 4 is 9.84 Å². The summed E-state index contributed by atoms with van der Waals surface area (Å²) in [6.45, 7) is 2.54. The third-order valence-corrected chi connectivity index (χ3v) is 6.38. The molecule has 20 heavy (non-hydrogen) atoms. The van der Waals surface area contributed by atoms with Gasteiger partial charge in [-0.3, -0.25) is 0 Å². The highest BCUT2D eigenvalue weighted by Crippen LogP contribution is 2.39. The average Bonchev–Trinajstić information content (AvgIpc) is 2.43. The van der Waals surface area contributed by atoms with Crippen LogP contribution in [-0.4, -0.2) is 33.1 Å². The van der Waals surface area contributed by atoms with Crippen LogP contribution in [0.1, 0.15) is 42.9 Å². The standard InChI is InChI=1S/C15H23NO3S/c1-11-10-14(20(17,18)9-5-8-19-2)15(16)13-7-4-3-6-12(11)13/h3-4,6-7,11,14-15H,5,8-10,16H2,1-2H3. The number of ether oxygens (including phenoxy) is 1. The molecule has 1 aliphatic rings. The normalized spacial score (nSPS) is 26.2. The number of nitrogens with two attached hydrogens (primary N) is 1. The number of rotatable bonds is 5. The highest BCUT2D eigenvalue weighted by atomic mass is 32.2. The van der Waals surface area contributed by atoms with Crippen molar-refractivity contribution in [3.63, 3.8) is 0 Å². The third kappa shape index (κ3) is 3.05. The number of fused-ring (bicyclic) bond motifs is 1. The highest BCUT2D eigenvalue weighted by molar-refractivity contribution is 7.92. The van der Waals surface area contributed by atoms with Gasteiger partial charge in [-0.2, -0.15) is 0 Å². The Balaban J connectivity index is 2.23. The number of hydrogen-bond donors (Lipinski definition) is 1. The second-order valence-electron chi connectivity index (χ2n) is 5.54. The molecule has 3 atom stereocenters. The zero-order valence-corrected chi connectivity index (χ0v) is 12.9. The Morgan fingerprint density at radius 3 is 2.60 bits per heavy atom. The van der Waals surface area contributed by atoms with Gasteiger partial charge in [-0.05, 0) is 29.9 Å². The Bertz CT molecular complexity index is 556. The summed E-state index contributed by atoms with van der Waals surface area (Å²) in [5.74, 6) is 0.377. The second kappa shape index (κ2) is 6.24. The molecule has 4 nitrogen and oxygen atoms in total. The monoisotopic (exact) mass is 297 g/mol. The van der Waals surface area contributed by atoms with E-state index < -0.39 is 21.1 Å². The van der Waals surface area contributed by atoms with E-state index in [1.807, 2.05) is 24.3 Å². The van der Waals surface area contributed by atoms with Crippen molar-refractivity contribution in [2.75, 3.05) is 19.5 Å². The Hall–Kier alpha value is -0.910. The molecule has 1 aliphatic carbocycles. The van der Waals surface area contributed by atoms with Crippen LogP contribution in [0.4, 0.5) is 0 Å². The van der Waals surface area contributed by atoms with Gasteiger partial charge in [-0.25, -0.2) is 8.42 Å². The summed E-state index contributed by atoms with van der Waals surface area (Å²) >= 11 is 0. The molecule has 0 saturated heterocycles. The number of benzene rings is 1. The lowest BCUT2D eigenvalue weighted by atomic mass is 9.81. The summed E-state index contributed by atoms with van der Waals surface area (Å²) in [6.07, 6.45) is 1.13. The van der Waals surface area contributed by atoms with Crippen LogP contribution in [0.5, 0.6) is 0 Å². The van der Waals surface area contributed by atoms with Crippen LogP contribution >= 0.6 is 0 Å². The Morgan fingerprint density at radius 2 is 1.95 bits per heavy atom. The molecular weight excluding hydrogens is 274 g/mol. The largest absolute Gasteiger partial charge is 0.385 e. The van der Waals surface area contributed by atoms with Crippen molar-refractivity contribution in [1.29, 1.82) is 0 Å². The van der Waals surface area contributed by atoms with Gasteiger partial charge in [-0.1, -0.05) is 31.2 Å². The number of hydrogen-bond acceptors (Lipinski definition) is 4. The molecule has 112 valence electrons. The van der Waals surface area contributed by atoms with Gasteiger partial charge in [-0.15, -0.1) is 0 Å². The van der Waals surface area contributed by atoms with Gasteiger partial charge in [0.1, 0.15) is 0 Å². The zero-order chi connectivity index (χ0) is 14.8. The van der Waals surface area contributed by atoms with Gasteiger partial charge in [0.25, 0.3) is 0 Å². The van der Waals surface area contributed by atoms with E-state index >= 15 is 0 Å². The summed E-state index contributed by atoms with van der Waals surface area (Å²) in [5.41, 5.74) is 8.39. The number of methoxy groups -OCH3 is 1. The molecule has 5 heteroatoms. The average molecular weight is 297 g/mol. The quantitative estimate of drug-likeness (QED) is 0.844. The maximum Gasteiger partial charge on any atom is 0.155 e. The molecule has 0 bridgehead atoms.